The summed E-state index contributed by atoms with van der Waals surface area (Å²) in [5, 5.41) is 2.82. The number of aromatic nitrogens is 2. The highest BCUT2D eigenvalue weighted by atomic mass is 79.9. The maximum atomic E-state index is 12.5. The van der Waals surface area contributed by atoms with Gasteiger partial charge in [0.2, 0.25) is 0 Å². The number of hydrogen-bond acceptors (Lipinski definition) is 5. The molecule has 0 aliphatic carbocycles. The molecule has 2 heterocycles. The van der Waals surface area contributed by atoms with Crippen molar-refractivity contribution in [3.63, 3.8) is 0 Å². The van der Waals surface area contributed by atoms with Gasteiger partial charge in [-0.05, 0) is 45.5 Å². The van der Waals surface area contributed by atoms with Gasteiger partial charge in [-0.3, -0.25) is 4.79 Å². The zero-order chi connectivity index (χ0) is 21.0. The van der Waals surface area contributed by atoms with Crippen LogP contribution in [0.25, 0.3) is 11.4 Å². The number of hydrogen-bond donors (Lipinski definition) is 1. The van der Waals surface area contributed by atoms with E-state index in [9.17, 15) is 9.59 Å². The van der Waals surface area contributed by atoms with Crippen LogP contribution < -0.4 is 5.32 Å². The second-order valence-electron chi connectivity index (χ2n) is 7.76. The van der Waals surface area contributed by atoms with Gasteiger partial charge in [0.1, 0.15) is 6.29 Å². The largest absolute Gasteiger partial charge is 0.341 e. The van der Waals surface area contributed by atoms with Crippen LogP contribution in [0.2, 0.25) is 0 Å². The first-order valence-electron chi connectivity index (χ1n) is 9.19. The molecule has 0 saturated carbocycles. The highest BCUT2D eigenvalue weighted by molar-refractivity contribution is 9.10. The molecule has 3 aromatic rings. The van der Waals surface area contributed by atoms with Crippen LogP contribution in [0.15, 0.2) is 53.3 Å². The quantitative estimate of drug-likeness (QED) is 0.523. The molecule has 0 spiro atoms. The third kappa shape index (κ3) is 5.58. The number of thiophene rings is 1. The molecule has 5 nitrogen and oxygen atoms in total. The Morgan fingerprint density at radius 2 is 1.79 bits per heavy atom. The van der Waals surface area contributed by atoms with E-state index in [0.29, 0.717) is 17.1 Å². The van der Waals surface area contributed by atoms with Gasteiger partial charge in [-0.15, -0.1) is 11.3 Å². The van der Waals surface area contributed by atoms with E-state index in [0.717, 1.165) is 26.8 Å². The van der Waals surface area contributed by atoms with E-state index in [1.54, 1.807) is 12.4 Å². The van der Waals surface area contributed by atoms with Crippen LogP contribution in [0.1, 0.15) is 40.9 Å². The number of benzene rings is 1. The monoisotopic (exact) mass is 471 g/mol. The van der Waals surface area contributed by atoms with Crippen LogP contribution in [-0.4, -0.2) is 28.2 Å². The van der Waals surface area contributed by atoms with E-state index in [-0.39, 0.29) is 11.3 Å². The van der Waals surface area contributed by atoms with Crippen LogP contribution in [0.4, 0.5) is 0 Å². The van der Waals surface area contributed by atoms with E-state index < -0.39 is 6.04 Å². The Kier molecular flexibility index (Phi) is 6.59. The molecule has 0 radical (unpaired) electrons. The lowest BCUT2D eigenvalue weighted by Crippen LogP contribution is -2.37. The van der Waals surface area contributed by atoms with Gasteiger partial charge < -0.3 is 10.1 Å². The average Bonchev–Trinajstić information content (AvgIpc) is 3.19. The Morgan fingerprint density at radius 1 is 1.14 bits per heavy atom. The Bertz CT molecular complexity index is 992. The maximum absolute atomic E-state index is 12.5. The first-order chi connectivity index (χ1) is 13.8. The number of amides is 1. The minimum Gasteiger partial charge on any atom is -0.341 e. The molecule has 0 bridgehead atoms. The predicted molar refractivity (Wildman–Crippen MR) is 119 cm³/mol. The van der Waals surface area contributed by atoms with Crippen molar-refractivity contribution in [2.24, 2.45) is 0 Å². The Balaban J connectivity index is 1.65. The second kappa shape index (κ2) is 8.97. The van der Waals surface area contributed by atoms with Crippen LogP contribution in [0, 0.1) is 0 Å². The summed E-state index contributed by atoms with van der Waals surface area (Å²) in [7, 11) is 0. The smallest absolute Gasteiger partial charge is 0.261 e. The van der Waals surface area contributed by atoms with E-state index in [1.165, 1.54) is 11.3 Å². The number of nitrogens with one attached hydrogen (secondary N) is 1. The van der Waals surface area contributed by atoms with Crippen LogP contribution >= 0.6 is 27.3 Å². The highest BCUT2D eigenvalue weighted by Gasteiger charge is 2.20. The predicted octanol–water partition coefficient (Wildman–Crippen LogP) is 4.81. The molecule has 0 fully saturated rings. The molecule has 1 aromatic carbocycles. The van der Waals surface area contributed by atoms with Crippen molar-refractivity contribution in [3.05, 3.63) is 68.6 Å². The summed E-state index contributed by atoms with van der Waals surface area (Å²) in [6.45, 7) is 6.33. The Morgan fingerprint density at radius 3 is 2.34 bits per heavy atom. The molecule has 7 heteroatoms. The molecule has 0 unspecified atom stereocenters. The van der Waals surface area contributed by atoms with Crippen molar-refractivity contribution in [2.75, 3.05) is 0 Å². The molecule has 1 N–H and O–H groups in total. The van der Waals surface area contributed by atoms with Gasteiger partial charge in [0.05, 0.1) is 15.4 Å². The summed E-state index contributed by atoms with van der Waals surface area (Å²) in [6.07, 6.45) is 4.60. The SMILES string of the molecule is CC(C)(C)c1ccc(C(=O)N[C@H](C=O)Cc2ccc(-c3ncc(Br)cn3)cc2)s1. The fraction of sp³-hybridized carbons (Fsp3) is 0.273. The molecule has 29 heavy (non-hydrogen) atoms. The summed E-state index contributed by atoms with van der Waals surface area (Å²) < 4.78 is 0.822. The topological polar surface area (TPSA) is 72.0 Å². The molecule has 0 aliphatic rings. The van der Waals surface area contributed by atoms with Gasteiger partial charge in [-0.1, -0.05) is 45.0 Å². The Hall–Kier alpha value is -2.38. The van der Waals surface area contributed by atoms with Crippen molar-refractivity contribution in [1.82, 2.24) is 15.3 Å². The highest BCUT2D eigenvalue weighted by Crippen LogP contribution is 2.29. The summed E-state index contributed by atoms with van der Waals surface area (Å²) >= 11 is 4.78. The molecule has 2 aromatic heterocycles. The van der Waals surface area contributed by atoms with Crippen molar-refractivity contribution >= 4 is 39.5 Å². The van der Waals surface area contributed by atoms with Crippen molar-refractivity contribution in [3.8, 4) is 11.4 Å². The lowest BCUT2D eigenvalue weighted by molar-refractivity contribution is -0.109. The summed E-state index contributed by atoms with van der Waals surface area (Å²) in [5.74, 6) is 0.412. The maximum Gasteiger partial charge on any atom is 0.261 e. The van der Waals surface area contributed by atoms with E-state index >= 15 is 0 Å². The molecule has 0 saturated heterocycles. The Labute approximate surface area is 182 Å². The molecule has 150 valence electrons. The molecule has 1 amide bonds. The first kappa shape index (κ1) is 21.3. The van der Waals surface area contributed by atoms with Crippen LogP contribution in [0.3, 0.4) is 0 Å². The molecule has 1 atom stereocenters. The number of carbonyl (C=O) groups is 2. The fourth-order valence-electron chi connectivity index (χ4n) is 2.74. The number of aldehydes is 1. The zero-order valence-electron chi connectivity index (χ0n) is 16.5. The van der Waals surface area contributed by atoms with Crippen molar-refractivity contribution < 1.29 is 9.59 Å². The van der Waals surface area contributed by atoms with Gasteiger partial charge in [-0.2, -0.15) is 0 Å². The molecular formula is C22H22BrN3O2S. The van der Waals surface area contributed by atoms with Gasteiger partial charge in [0.25, 0.3) is 5.91 Å². The summed E-state index contributed by atoms with van der Waals surface area (Å²) in [4.78, 5) is 34.4. The first-order valence-corrected chi connectivity index (χ1v) is 10.8. The molecule has 3 rings (SSSR count). The minimum atomic E-state index is -0.586. The summed E-state index contributed by atoms with van der Waals surface area (Å²) in [6, 6.07) is 10.9. The normalized spacial score (nSPS) is 12.4. The van der Waals surface area contributed by atoms with Gasteiger partial charge in [-0.25, -0.2) is 9.97 Å². The van der Waals surface area contributed by atoms with Gasteiger partial charge in [0, 0.05) is 22.8 Å². The van der Waals surface area contributed by atoms with Crippen molar-refractivity contribution in [1.29, 1.82) is 0 Å². The molecule has 0 aliphatic heterocycles. The summed E-state index contributed by atoms with van der Waals surface area (Å²) in [5.41, 5.74) is 1.83. The van der Waals surface area contributed by atoms with E-state index in [4.69, 9.17) is 0 Å². The fourth-order valence-corrected chi connectivity index (χ4v) is 3.91. The third-order valence-corrected chi connectivity index (χ3v) is 6.26. The number of carbonyl (C=O) groups excluding carboxylic acids is 2. The van der Waals surface area contributed by atoms with Crippen LogP contribution in [-0.2, 0) is 16.6 Å². The number of rotatable bonds is 6. The van der Waals surface area contributed by atoms with E-state index in [2.05, 4.69) is 52.0 Å². The second-order valence-corrected chi connectivity index (χ2v) is 9.76. The third-order valence-electron chi connectivity index (χ3n) is 4.34. The lowest BCUT2D eigenvalue weighted by Gasteiger charge is -2.15. The lowest BCUT2D eigenvalue weighted by atomic mass is 9.95. The minimum absolute atomic E-state index is 0.00640. The van der Waals surface area contributed by atoms with Crippen LogP contribution in [0.5, 0.6) is 0 Å². The van der Waals surface area contributed by atoms with Crippen molar-refractivity contribution in [2.45, 2.75) is 38.6 Å². The standard InChI is InChI=1S/C22H22BrN3O2S/c1-22(2,3)19-9-8-18(29-19)21(28)26-17(13-27)10-14-4-6-15(7-5-14)20-24-11-16(23)12-25-20/h4-9,11-13,17H,10H2,1-3H3,(H,26,28)/t17-/m0/s1. The average molecular weight is 472 g/mol. The number of nitrogens with zero attached hydrogens (tertiary/aromatic N) is 2. The zero-order valence-corrected chi connectivity index (χ0v) is 18.9. The molecular weight excluding hydrogens is 450 g/mol. The van der Waals surface area contributed by atoms with E-state index in [1.807, 2.05) is 36.4 Å². The van der Waals surface area contributed by atoms with Gasteiger partial charge >= 0.3 is 0 Å². The number of halogens is 1. The van der Waals surface area contributed by atoms with Gasteiger partial charge in [0.15, 0.2) is 5.82 Å².